The van der Waals surface area contributed by atoms with Crippen molar-refractivity contribution in [2.45, 2.75) is 38.1 Å². The van der Waals surface area contributed by atoms with Gasteiger partial charge in [0.05, 0.1) is 0 Å². The molecule has 156 valence electrons. The number of unbranched alkanes of at least 4 members (excludes halogenated alkanes) is 1. The van der Waals surface area contributed by atoms with Gasteiger partial charge in [-0.2, -0.15) is 0 Å². The predicted molar refractivity (Wildman–Crippen MR) is 122 cm³/mol. The molecule has 0 aliphatic heterocycles. The van der Waals surface area contributed by atoms with Crippen LogP contribution in [0.3, 0.4) is 0 Å². The van der Waals surface area contributed by atoms with Crippen molar-refractivity contribution in [2.24, 2.45) is 5.73 Å². The molecule has 0 bridgehead atoms. The third kappa shape index (κ3) is 6.42. The van der Waals surface area contributed by atoms with Gasteiger partial charge in [-0.25, -0.2) is 0 Å². The molecule has 0 aliphatic carbocycles. The number of nitrogens with two attached hydrogens (primary N) is 1. The first-order valence-electron chi connectivity index (χ1n) is 10.5. The second-order valence-corrected chi connectivity index (χ2v) is 7.44. The summed E-state index contributed by atoms with van der Waals surface area (Å²) < 4.78 is 0. The number of carbonyl (C=O) groups excluding carboxylic acids is 2. The summed E-state index contributed by atoms with van der Waals surface area (Å²) in [6.45, 7) is 0.563. The molecule has 5 heteroatoms. The summed E-state index contributed by atoms with van der Waals surface area (Å²) in [6.07, 6.45) is 3.14. The van der Waals surface area contributed by atoms with Crippen molar-refractivity contribution in [1.29, 1.82) is 0 Å². The molecular weight excluding hydrogens is 374 g/mol. The van der Waals surface area contributed by atoms with E-state index < -0.39 is 6.04 Å². The molecule has 5 nitrogen and oxygen atoms in total. The van der Waals surface area contributed by atoms with Gasteiger partial charge in [0.15, 0.2) is 0 Å². The van der Waals surface area contributed by atoms with E-state index in [0.29, 0.717) is 25.8 Å². The monoisotopic (exact) mass is 403 g/mol. The molecule has 0 saturated carbocycles. The van der Waals surface area contributed by atoms with Crippen LogP contribution in [0.25, 0.3) is 10.8 Å². The molecule has 3 rings (SSSR count). The summed E-state index contributed by atoms with van der Waals surface area (Å²) in [4.78, 5) is 25.3. The quantitative estimate of drug-likeness (QED) is 0.447. The summed E-state index contributed by atoms with van der Waals surface area (Å²) in [5.41, 5.74) is 7.37. The molecule has 3 aromatic carbocycles. The molecule has 2 amide bonds. The lowest BCUT2D eigenvalue weighted by Gasteiger charge is -2.19. The fourth-order valence-electron chi connectivity index (χ4n) is 3.42. The fraction of sp³-hybridized carbons (Fsp3) is 0.280. The number of fused-ring (bicyclic) bond motifs is 1. The lowest BCUT2D eigenvalue weighted by atomic mass is 10.0. The van der Waals surface area contributed by atoms with Gasteiger partial charge >= 0.3 is 0 Å². The van der Waals surface area contributed by atoms with Gasteiger partial charge in [-0.3, -0.25) is 9.59 Å². The first kappa shape index (κ1) is 21.5. The summed E-state index contributed by atoms with van der Waals surface area (Å²) in [7, 11) is 0. The minimum Gasteiger partial charge on any atom is -0.344 e. The number of amides is 2. The molecule has 1 unspecified atom stereocenters. The maximum atomic E-state index is 13.0. The Labute approximate surface area is 177 Å². The minimum atomic E-state index is -0.595. The molecule has 30 heavy (non-hydrogen) atoms. The number of carbonyl (C=O) groups is 2. The molecule has 1 atom stereocenters. The third-order valence-electron chi connectivity index (χ3n) is 5.09. The number of aryl methyl sites for hydroxylation is 1. The van der Waals surface area contributed by atoms with Crippen LogP contribution in [0.15, 0.2) is 72.8 Å². The Morgan fingerprint density at radius 1 is 0.867 bits per heavy atom. The predicted octanol–water partition coefficient (Wildman–Crippen LogP) is 4.02. The highest BCUT2D eigenvalue weighted by Gasteiger charge is 2.21. The van der Waals surface area contributed by atoms with Crippen molar-refractivity contribution in [1.82, 2.24) is 5.32 Å². The van der Waals surface area contributed by atoms with E-state index in [0.717, 1.165) is 34.9 Å². The van der Waals surface area contributed by atoms with E-state index in [2.05, 4.69) is 10.6 Å². The first-order chi connectivity index (χ1) is 14.7. The number of hydrogen-bond donors (Lipinski definition) is 3. The maximum Gasteiger partial charge on any atom is 0.246 e. The van der Waals surface area contributed by atoms with E-state index in [4.69, 9.17) is 5.73 Å². The van der Waals surface area contributed by atoms with Gasteiger partial charge < -0.3 is 16.4 Å². The topological polar surface area (TPSA) is 84.2 Å². The zero-order valence-corrected chi connectivity index (χ0v) is 17.1. The zero-order valence-electron chi connectivity index (χ0n) is 17.1. The van der Waals surface area contributed by atoms with Gasteiger partial charge in [0.2, 0.25) is 11.8 Å². The van der Waals surface area contributed by atoms with E-state index >= 15 is 0 Å². The van der Waals surface area contributed by atoms with Crippen molar-refractivity contribution < 1.29 is 9.59 Å². The lowest BCUT2D eigenvalue weighted by Crippen LogP contribution is -2.44. The zero-order chi connectivity index (χ0) is 21.2. The largest absolute Gasteiger partial charge is 0.344 e. The lowest BCUT2D eigenvalue weighted by molar-refractivity contribution is -0.126. The van der Waals surface area contributed by atoms with E-state index in [1.807, 2.05) is 72.8 Å². The Kier molecular flexibility index (Phi) is 7.98. The normalized spacial score (nSPS) is 11.8. The van der Waals surface area contributed by atoms with E-state index in [9.17, 15) is 9.59 Å². The summed E-state index contributed by atoms with van der Waals surface area (Å²) in [5, 5.41) is 8.05. The van der Waals surface area contributed by atoms with Gasteiger partial charge in [0.25, 0.3) is 0 Å². The highest BCUT2D eigenvalue weighted by Crippen LogP contribution is 2.19. The number of benzene rings is 3. The second-order valence-electron chi connectivity index (χ2n) is 7.44. The Balaban J connectivity index is 1.67. The Morgan fingerprint density at radius 2 is 1.60 bits per heavy atom. The first-order valence-corrected chi connectivity index (χ1v) is 10.5. The van der Waals surface area contributed by atoms with Crippen LogP contribution >= 0.6 is 0 Å². The molecule has 0 aliphatic rings. The van der Waals surface area contributed by atoms with Crippen LogP contribution in [0.2, 0.25) is 0 Å². The third-order valence-corrected chi connectivity index (χ3v) is 5.09. The average molecular weight is 404 g/mol. The molecule has 0 spiro atoms. The van der Waals surface area contributed by atoms with E-state index in [1.54, 1.807) is 0 Å². The molecule has 0 saturated heterocycles. The van der Waals surface area contributed by atoms with Gasteiger partial charge in [-0.15, -0.1) is 0 Å². The standard InChI is InChI=1S/C25H29N3O2/c26-17-7-6-12-24(29)28-23(16-13-19-8-2-1-3-9-19)25(30)27-22-15-14-20-10-4-5-11-21(20)18-22/h1-5,8-11,14-15,18,23H,6-7,12-13,16-17,26H2,(H,27,30)(H,28,29). The van der Waals surface area contributed by atoms with Gasteiger partial charge in [0.1, 0.15) is 6.04 Å². The van der Waals surface area contributed by atoms with E-state index in [1.165, 1.54) is 0 Å². The van der Waals surface area contributed by atoms with Crippen LogP contribution in [0.4, 0.5) is 5.69 Å². The number of anilines is 1. The second kappa shape index (κ2) is 11.1. The van der Waals surface area contributed by atoms with Crippen molar-refractivity contribution in [3.63, 3.8) is 0 Å². The number of rotatable bonds is 10. The summed E-state index contributed by atoms with van der Waals surface area (Å²) >= 11 is 0. The highest BCUT2D eigenvalue weighted by molar-refractivity contribution is 5.99. The van der Waals surface area contributed by atoms with Crippen LogP contribution < -0.4 is 16.4 Å². The Morgan fingerprint density at radius 3 is 2.37 bits per heavy atom. The highest BCUT2D eigenvalue weighted by atomic mass is 16.2. The number of nitrogens with one attached hydrogen (secondary N) is 2. The molecule has 0 radical (unpaired) electrons. The van der Waals surface area contributed by atoms with E-state index in [-0.39, 0.29) is 11.8 Å². The van der Waals surface area contributed by atoms with Crippen LogP contribution in [-0.4, -0.2) is 24.4 Å². The van der Waals surface area contributed by atoms with Gasteiger partial charge in [-0.1, -0.05) is 60.7 Å². The van der Waals surface area contributed by atoms with Crippen molar-refractivity contribution >= 4 is 28.3 Å². The fourth-order valence-corrected chi connectivity index (χ4v) is 3.42. The molecule has 4 N–H and O–H groups in total. The average Bonchev–Trinajstić information content (AvgIpc) is 2.77. The summed E-state index contributed by atoms with van der Waals surface area (Å²) in [6, 6.07) is 23.2. The Hall–Kier alpha value is -3.18. The van der Waals surface area contributed by atoms with Crippen molar-refractivity contribution in [3.8, 4) is 0 Å². The van der Waals surface area contributed by atoms with Crippen molar-refractivity contribution in [3.05, 3.63) is 78.4 Å². The van der Waals surface area contributed by atoms with Crippen LogP contribution in [-0.2, 0) is 16.0 Å². The molecule has 0 heterocycles. The molecular formula is C25H29N3O2. The van der Waals surface area contributed by atoms with Crippen LogP contribution in [0.1, 0.15) is 31.2 Å². The van der Waals surface area contributed by atoms with Gasteiger partial charge in [0, 0.05) is 12.1 Å². The SMILES string of the molecule is NCCCCC(=O)NC(CCc1ccccc1)C(=O)Nc1ccc2ccccc2c1. The Bertz CT molecular complexity index is 972. The molecule has 3 aromatic rings. The van der Waals surface area contributed by atoms with Crippen LogP contribution in [0, 0.1) is 0 Å². The molecule has 0 aromatic heterocycles. The maximum absolute atomic E-state index is 13.0. The smallest absolute Gasteiger partial charge is 0.246 e. The minimum absolute atomic E-state index is 0.116. The van der Waals surface area contributed by atoms with Crippen molar-refractivity contribution in [2.75, 3.05) is 11.9 Å². The summed E-state index contributed by atoms with van der Waals surface area (Å²) in [5.74, 6) is -0.316. The van der Waals surface area contributed by atoms with Crippen LogP contribution in [0.5, 0.6) is 0 Å². The number of hydrogen-bond acceptors (Lipinski definition) is 3. The molecule has 0 fully saturated rings. The van der Waals surface area contributed by atoms with Gasteiger partial charge in [-0.05, 0) is 60.7 Å².